The van der Waals surface area contributed by atoms with E-state index < -0.39 is 0 Å². The average Bonchev–Trinajstić information content (AvgIpc) is 3.15. The zero-order valence-corrected chi connectivity index (χ0v) is 17.5. The van der Waals surface area contributed by atoms with Crippen LogP contribution in [0.15, 0.2) is 58.5 Å². The third kappa shape index (κ3) is 4.50. The lowest BCUT2D eigenvalue weighted by molar-refractivity contribution is 0.165. The molecule has 0 saturated heterocycles. The van der Waals surface area contributed by atoms with E-state index in [2.05, 4.69) is 58.0 Å². The molecule has 0 spiro atoms. The SMILES string of the molecule is COC[C@H]1COC(C(=Nc2c(C(C)C)cccc2C(C)C)c2ccccc2)=N1. The molecule has 2 aromatic rings. The van der Waals surface area contributed by atoms with Gasteiger partial charge in [0.05, 0.1) is 12.3 Å². The maximum Gasteiger partial charge on any atom is 0.236 e. The quantitative estimate of drug-likeness (QED) is 0.597. The third-order valence-electron chi connectivity index (χ3n) is 4.89. The standard InChI is InChI=1S/C24H30N2O2/c1-16(2)20-12-9-13-21(17(3)4)23(20)26-22(18-10-7-6-8-11-18)24-25-19(14-27-5)15-28-24/h6-13,16-17,19H,14-15H2,1-5H3/t19-/m0/s1. The molecule has 4 heteroatoms. The van der Waals surface area contributed by atoms with Crippen LogP contribution in [-0.2, 0) is 9.47 Å². The fourth-order valence-electron chi connectivity index (χ4n) is 3.41. The van der Waals surface area contributed by atoms with Gasteiger partial charge in [0.2, 0.25) is 5.90 Å². The lowest BCUT2D eigenvalue weighted by Gasteiger charge is -2.18. The van der Waals surface area contributed by atoms with Crippen molar-refractivity contribution in [2.45, 2.75) is 45.6 Å². The number of benzene rings is 2. The number of para-hydroxylation sites is 1. The molecule has 4 nitrogen and oxygen atoms in total. The predicted octanol–water partition coefficient (Wildman–Crippen LogP) is 5.50. The molecule has 148 valence electrons. The van der Waals surface area contributed by atoms with E-state index in [9.17, 15) is 0 Å². The van der Waals surface area contributed by atoms with Crippen LogP contribution in [0.5, 0.6) is 0 Å². The molecule has 0 saturated carbocycles. The van der Waals surface area contributed by atoms with Gasteiger partial charge in [0.15, 0.2) is 0 Å². The smallest absolute Gasteiger partial charge is 0.236 e. The van der Waals surface area contributed by atoms with Crippen molar-refractivity contribution in [1.82, 2.24) is 0 Å². The fourth-order valence-corrected chi connectivity index (χ4v) is 3.41. The number of ether oxygens (including phenoxy) is 2. The molecule has 28 heavy (non-hydrogen) atoms. The minimum atomic E-state index is 0.0128. The lowest BCUT2D eigenvalue weighted by atomic mass is 9.92. The van der Waals surface area contributed by atoms with Gasteiger partial charge in [-0.1, -0.05) is 76.2 Å². The van der Waals surface area contributed by atoms with Crippen molar-refractivity contribution in [2.75, 3.05) is 20.3 Å². The molecule has 2 aromatic carbocycles. The molecule has 1 heterocycles. The van der Waals surface area contributed by atoms with Gasteiger partial charge in [-0.3, -0.25) is 0 Å². The topological polar surface area (TPSA) is 43.2 Å². The molecule has 1 aliphatic heterocycles. The Morgan fingerprint density at radius 2 is 1.68 bits per heavy atom. The second kappa shape index (κ2) is 9.16. The van der Waals surface area contributed by atoms with Crippen molar-refractivity contribution in [3.8, 4) is 0 Å². The van der Waals surface area contributed by atoms with Crippen molar-refractivity contribution in [3.05, 3.63) is 65.2 Å². The number of hydrogen-bond donors (Lipinski definition) is 0. The predicted molar refractivity (Wildman–Crippen MR) is 116 cm³/mol. The van der Waals surface area contributed by atoms with Crippen molar-refractivity contribution in [3.63, 3.8) is 0 Å². The highest BCUT2D eigenvalue weighted by Gasteiger charge is 2.25. The first-order chi connectivity index (χ1) is 13.5. The van der Waals surface area contributed by atoms with Crippen LogP contribution >= 0.6 is 0 Å². The molecule has 0 fully saturated rings. The largest absolute Gasteiger partial charge is 0.474 e. The summed E-state index contributed by atoms with van der Waals surface area (Å²) in [6.45, 7) is 9.90. The van der Waals surface area contributed by atoms with Crippen molar-refractivity contribution in [1.29, 1.82) is 0 Å². The summed E-state index contributed by atoms with van der Waals surface area (Å²) >= 11 is 0. The van der Waals surface area contributed by atoms with E-state index in [4.69, 9.17) is 19.5 Å². The van der Waals surface area contributed by atoms with Crippen LogP contribution in [0.3, 0.4) is 0 Å². The number of hydrogen-bond acceptors (Lipinski definition) is 4. The van der Waals surface area contributed by atoms with Crippen LogP contribution in [0, 0.1) is 0 Å². The highest BCUT2D eigenvalue weighted by molar-refractivity contribution is 6.46. The Balaban J connectivity index is 2.17. The van der Waals surface area contributed by atoms with E-state index in [1.165, 1.54) is 11.1 Å². The van der Waals surface area contributed by atoms with Crippen LogP contribution < -0.4 is 0 Å². The van der Waals surface area contributed by atoms with Gasteiger partial charge < -0.3 is 9.47 Å². The second-order valence-electron chi connectivity index (χ2n) is 7.78. The zero-order valence-electron chi connectivity index (χ0n) is 17.5. The van der Waals surface area contributed by atoms with Crippen LogP contribution in [0.4, 0.5) is 5.69 Å². The molecule has 0 aromatic heterocycles. The van der Waals surface area contributed by atoms with Gasteiger partial charge >= 0.3 is 0 Å². The van der Waals surface area contributed by atoms with Gasteiger partial charge in [-0.05, 0) is 23.0 Å². The van der Waals surface area contributed by atoms with Crippen LogP contribution in [0.1, 0.15) is 56.2 Å². The summed E-state index contributed by atoms with van der Waals surface area (Å²) in [5, 5.41) is 0. The molecule has 3 rings (SSSR count). The van der Waals surface area contributed by atoms with Gasteiger partial charge in [-0.2, -0.15) is 0 Å². The average molecular weight is 379 g/mol. The molecule has 1 aliphatic rings. The Kier molecular flexibility index (Phi) is 6.63. The molecule has 0 bridgehead atoms. The fraction of sp³-hybridized carbons (Fsp3) is 0.417. The number of nitrogens with zero attached hydrogens (tertiary/aromatic N) is 2. The molecule has 1 atom stereocenters. The highest BCUT2D eigenvalue weighted by atomic mass is 16.5. The molecule has 0 aliphatic carbocycles. The highest BCUT2D eigenvalue weighted by Crippen LogP contribution is 2.35. The Morgan fingerprint density at radius 1 is 1.04 bits per heavy atom. The van der Waals surface area contributed by atoms with E-state index in [0.29, 0.717) is 30.9 Å². The van der Waals surface area contributed by atoms with E-state index in [0.717, 1.165) is 17.0 Å². The van der Waals surface area contributed by atoms with E-state index in [1.54, 1.807) is 7.11 Å². The second-order valence-corrected chi connectivity index (χ2v) is 7.78. The summed E-state index contributed by atoms with van der Waals surface area (Å²) < 4.78 is 11.2. The Bertz CT molecular complexity index is 828. The summed E-state index contributed by atoms with van der Waals surface area (Å²) in [5.41, 5.74) is 5.31. The summed E-state index contributed by atoms with van der Waals surface area (Å²) in [7, 11) is 1.69. The summed E-state index contributed by atoms with van der Waals surface area (Å²) in [6, 6.07) is 16.6. The molecule has 0 radical (unpaired) electrons. The number of rotatable bonds is 7. The maximum absolute atomic E-state index is 5.95. The van der Waals surface area contributed by atoms with Gasteiger partial charge in [0.25, 0.3) is 0 Å². The summed E-state index contributed by atoms with van der Waals surface area (Å²) in [4.78, 5) is 9.91. The zero-order chi connectivity index (χ0) is 20.1. The van der Waals surface area contributed by atoms with Gasteiger partial charge in [-0.25, -0.2) is 9.98 Å². The number of aliphatic imine (C=N–C) groups is 2. The number of methoxy groups -OCH3 is 1. The lowest BCUT2D eigenvalue weighted by Crippen LogP contribution is -2.16. The van der Waals surface area contributed by atoms with E-state index in [-0.39, 0.29) is 6.04 Å². The first-order valence-corrected chi connectivity index (χ1v) is 9.98. The van der Waals surface area contributed by atoms with E-state index >= 15 is 0 Å². The first-order valence-electron chi connectivity index (χ1n) is 9.98. The monoisotopic (exact) mass is 378 g/mol. The van der Waals surface area contributed by atoms with Gasteiger partial charge in [-0.15, -0.1) is 0 Å². The normalized spacial score (nSPS) is 17.2. The Hall–Kier alpha value is -2.46. The molecule has 0 N–H and O–H groups in total. The first kappa shape index (κ1) is 20.3. The van der Waals surface area contributed by atoms with Gasteiger partial charge in [0, 0.05) is 12.7 Å². The van der Waals surface area contributed by atoms with E-state index in [1.807, 2.05) is 18.2 Å². The molecule has 0 unspecified atom stereocenters. The minimum absolute atomic E-state index is 0.0128. The van der Waals surface area contributed by atoms with Crippen LogP contribution in [0.2, 0.25) is 0 Å². The Labute approximate surface area is 168 Å². The molecular formula is C24H30N2O2. The van der Waals surface area contributed by atoms with Crippen molar-refractivity contribution < 1.29 is 9.47 Å². The van der Waals surface area contributed by atoms with Crippen molar-refractivity contribution >= 4 is 17.3 Å². The molecule has 0 amide bonds. The van der Waals surface area contributed by atoms with Crippen LogP contribution in [0.25, 0.3) is 0 Å². The maximum atomic E-state index is 5.95. The van der Waals surface area contributed by atoms with Gasteiger partial charge in [0.1, 0.15) is 18.4 Å². The summed E-state index contributed by atoms with van der Waals surface area (Å²) in [5.74, 6) is 1.35. The molecular weight excluding hydrogens is 348 g/mol. The third-order valence-corrected chi connectivity index (χ3v) is 4.89. The van der Waals surface area contributed by atoms with Crippen LogP contribution in [-0.4, -0.2) is 38.0 Å². The Morgan fingerprint density at radius 3 is 2.25 bits per heavy atom. The van der Waals surface area contributed by atoms with Crippen molar-refractivity contribution in [2.24, 2.45) is 9.98 Å². The summed E-state index contributed by atoms with van der Waals surface area (Å²) in [6.07, 6.45) is 0. The minimum Gasteiger partial charge on any atom is -0.474 e.